The Morgan fingerprint density at radius 3 is 2.69 bits per heavy atom. The van der Waals surface area contributed by atoms with Crippen LogP contribution in [0.25, 0.3) is 0 Å². The van der Waals surface area contributed by atoms with Gasteiger partial charge >= 0.3 is 5.97 Å². The van der Waals surface area contributed by atoms with Crippen LogP contribution < -0.4 is 0 Å². The zero-order valence-electron chi connectivity index (χ0n) is 9.14. The zero-order chi connectivity index (χ0) is 12.3. The summed E-state index contributed by atoms with van der Waals surface area (Å²) in [5, 5.41) is 19.3. The van der Waals surface area contributed by atoms with Crippen molar-refractivity contribution in [3.63, 3.8) is 0 Å². The minimum atomic E-state index is -0.904. The van der Waals surface area contributed by atoms with Crippen LogP contribution in [0.2, 0.25) is 0 Å². The third-order valence-electron chi connectivity index (χ3n) is 2.49. The van der Waals surface area contributed by atoms with Gasteiger partial charge in [0.05, 0.1) is 11.3 Å². The van der Waals surface area contributed by atoms with E-state index in [0.717, 1.165) is 11.1 Å². The lowest BCUT2D eigenvalue weighted by Crippen LogP contribution is -2.05. The Labute approximate surface area is 92.9 Å². The first-order valence-corrected chi connectivity index (χ1v) is 4.88. The summed E-state index contributed by atoms with van der Waals surface area (Å²) in [5.74, 6) is -1.13. The van der Waals surface area contributed by atoms with E-state index in [0.29, 0.717) is 0 Å². The van der Waals surface area contributed by atoms with Crippen LogP contribution in [0, 0.1) is 17.0 Å². The van der Waals surface area contributed by atoms with Crippen LogP contribution in [0.4, 0.5) is 5.69 Å². The van der Waals surface area contributed by atoms with E-state index in [4.69, 9.17) is 5.11 Å². The number of nitro benzene ring substituents is 1. The number of benzene rings is 1. The predicted octanol–water partition coefficient (Wildman–Crippen LogP) is 2.48. The van der Waals surface area contributed by atoms with Gasteiger partial charge in [-0.25, -0.2) is 0 Å². The molecule has 1 aromatic rings. The number of aliphatic carboxylic acids is 1. The van der Waals surface area contributed by atoms with E-state index in [1.165, 1.54) is 12.1 Å². The van der Waals surface area contributed by atoms with Crippen LogP contribution in [0.1, 0.15) is 30.4 Å². The molecule has 86 valence electrons. The molecule has 0 bridgehead atoms. The first kappa shape index (κ1) is 12.2. The maximum atomic E-state index is 10.6. The second-order valence-corrected chi connectivity index (χ2v) is 3.80. The molecule has 0 saturated heterocycles. The maximum absolute atomic E-state index is 10.6. The van der Waals surface area contributed by atoms with Gasteiger partial charge in [0.1, 0.15) is 0 Å². The molecule has 0 aliphatic rings. The van der Waals surface area contributed by atoms with E-state index in [9.17, 15) is 14.9 Å². The van der Waals surface area contributed by atoms with Crippen molar-refractivity contribution < 1.29 is 14.8 Å². The molecule has 0 aliphatic heterocycles. The van der Waals surface area contributed by atoms with Crippen molar-refractivity contribution in [1.82, 2.24) is 0 Å². The standard InChI is InChI=1S/C11H13NO4/c1-7-3-4-9(12(15)16)6-10(7)8(2)5-11(13)14/h3-4,6,8H,5H2,1-2H3,(H,13,14). The summed E-state index contributed by atoms with van der Waals surface area (Å²) in [6.07, 6.45) is -0.0258. The average Bonchev–Trinajstić information content (AvgIpc) is 2.16. The van der Waals surface area contributed by atoms with Crippen LogP contribution in [0.3, 0.4) is 0 Å². The topological polar surface area (TPSA) is 80.4 Å². The summed E-state index contributed by atoms with van der Waals surface area (Å²) in [6.45, 7) is 3.57. The lowest BCUT2D eigenvalue weighted by Gasteiger charge is -2.11. The van der Waals surface area contributed by atoms with Crippen LogP contribution in [0.5, 0.6) is 0 Å². The first-order chi connectivity index (χ1) is 7.41. The lowest BCUT2D eigenvalue weighted by atomic mass is 9.93. The van der Waals surface area contributed by atoms with Crippen molar-refractivity contribution in [1.29, 1.82) is 0 Å². The number of nitrogens with zero attached hydrogens (tertiary/aromatic N) is 1. The Kier molecular flexibility index (Phi) is 3.60. The smallest absolute Gasteiger partial charge is 0.303 e. The van der Waals surface area contributed by atoms with Gasteiger partial charge in [0, 0.05) is 12.1 Å². The molecule has 1 N–H and O–H groups in total. The Morgan fingerprint density at radius 2 is 2.19 bits per heavy atom. The van der Waals surface area contributed by atoms with Crippen molar-refractivity contribution in [2.75, 3.05) is 0 Å². The lowest BCUT2D eigenvalue weighted by molar-refractivity contribution is -0.384. The third-order valence-corrected chi connectivity index (χ3v) is 2.49. The Morgan fingerprint density at radius 1 is 1.56 bits per heavy atom. The molecule has 5 heteroatoms. The molecule has 1 atom stereocenters. The van der Waals surface area contributed by atoms with Gasteiger partial charge in [-0.15, -0.1) is 0 Å². The Bertz CT molecular complexity index is 428. The largest absolute Gasteiger partial charge is 0.481 e. The van der Waals surface area contributed by atoms with E-state index < -0.39 is 10.9 Å². The van der Waals surface area contributed by atoms with Gasteiger partial charge in [-0.1, -0.05) is 13.0 Å². The van der Waals surface area contributed by atoms with Gasteiger partial charge in [0.25, 0.3) is 5.69 Å². The summed E-state index contributed by atoms with van der Waals surface area (Å²) in [7, 11) is 0. The number of nitro groups is 1. The second-order valence-electron chi connectivity index (χ2n) is 3.80. The van der Waals surface area contributed by atoms with E-state index in [1.807, 2.05) is 6.92 Å². The molecule has 0 fully saturated rings. The van der Waals surface area contributed by atoms with Crippen LogP contribution >= 0.6 is 0 Å². The van der Waals surface area contributed by atoms with Crippen molar-refractivity contribution in [3.8, 4) is 0 Å². The molecule has 0 aromatic heterocycles. The summed E-state index contributed by atoms with van der Waals surface area (Å²) >= 11 is 0. The van der Waals surface area contributed by atoms with E-state index in [-0.39, 0.29) is 18.0 Å². The minimum Gasteiger partial charge on any atom is -0.481 e. The molecule has 5 nitrogen and oxygen atoms in total. The van der Waals surface area contributed by atoms with Crippen LogP contribution in [-0.4, -0.2) is 16.0 Å². The number of aryl methyl sites for hydroxylation is 1. The fraction of sp³-hybridized carbons (Fsp3) is 0.364. The Hall–Kier alpha value is -1.91. The molecule has 0 heterocycles. The third kappa shape index (κ3) is 2.79. The molecular formula is C11H13NO4. The molecule has 1 rings (SSSR count). The van der Waals surface area contributed by atoms with E-state index >= 15 is 0 Å². The van der Waals surface area contributed by atoms with E-state index in [2.05, 4.69) is 0 Å². The summed E-state index contributed by atoms with van der Waals surface area (Å²) in [4.78, 5) is 20.7. The van der Waals surface area contributed by atoms with Crippen molar-refractivity contribution in [2.45, 2.75) is 26.2 Å². The molecule has 0 saturated carbocycles. The van der Waals surface area contributed by atoms with Gasteiger partial charge in [-0.3, -0.25) is 14.9 Å². The van der Waals surface area contributed by atoms with Crippen molar-refractivity contribution >= 4 is 11.7 Å². The van der Waals surface area contributed by atoms with Crippen molar-refractivity contribution in [3.05, 3.63) is 39.4 Å². The van der Waals surface area contributed by atoms with Gasteiger partial charge < -0.3 is 5.11 Å². The van der Waals surface area contributed by atoms with E-state index in [1.54, 1.807) is 13.0 Å². The number of carboxylic acids is 1. The number of carbonyl (C=O) groups is 1. The highest BCUT2D eigenvalue weighted by Gasteiger charge is 2.16. The Balaban J connectivity index is 3.06. The number of hydrogen-bond acceptors (Lipinski definition) is 3. The van der Waals surface area contributed by atoms with Gasteiger partial charge in [-0.2, -0.15) is 0 Å². The highest BCUT2D eigenvalue weighted by molar-refractivity contribution is 5.68. The zero-order valence-corrected chi connectivity index (χ0v) is 9.14. The fourth-order valence-corrected chi connectivity index (χ4v) is 1.64. The maximum Gasteiger partial charge on any atom is 0.303 e. The molecule has 0 radical (unpaired) electrons. The van der Waals surface area contributed by atoms with Crippen LogP contribution in [-0.2, 0) is 4.79 Å². The monoisotopic (exact) mass is 223 g/mol. The average molecular weight is 223 g/mol. The molecule has 1 unspecified atom stereocenters. The number of rotatable bonds is 4. The highest BCUT2D eigenvalue weighted by atomic mass is 16.6. The summed E-state index contributed by atoms with van der Waals surface area (Å²) in [5.41, 5.74) is 1.59. The highest BCUT2D eigenvalue weighted by Crippen LogP contribution is 2.26. The molecular weight excluding hydrogens is 210 g/mol. The van der Waals surface area contributed by atoms with Gasteiger partial charge in [-0.05, 0) is 24.0 Å². The summed E-state index contributed by atoms with van der Waals surface area (Å²) in [6, 6.07) is 4.51. The summed E-state index contributed by atoms with van der Waals surface area (Å²) < 4.78 is 0. The number of hydrogen-bond donors (Lipinski definition) is 1. The first-order valence-electron chi connectivity index (χ1n) is 4.88. The normalized spacial score (nSPS) is 12.1. The van der Waals surface area contributed by atoms with Crippen LogP contribution in [0.15, 0.2) is 18.2 Å². The molecule has 1 aromatic carbocycles. The quantitative estimate of drug-likeness (QED) is 0.628. The molecule has 0 amide bonds. The number of non-ortho nitro benzene ring substituents is 1. The molecule has 0 aliphatic carbocycles. The SMILES string of the molecule is Cc1ccc([N+](=O)[O-])cc1C(C)CC(=O)O. The molecule has 16 heavy (non-hydrogen) atoms. The minimum absolute atomic E-state index is 0.00200. The second kappa shape index (κ2) is 4.74. The number of carboxylic acid groups (broad SMARTS) is 1. The molecule has 0 spiro atoms. The predicted molar refractivity (Wildman–Crippen MR) is 58.5 cm³/mol. The fourth-order valence-electron chi connectivity index (χ4n) is 1.64. The van der Waals surface area contributed by atoms with Crippen molar-refractivity contribution in [2.24, 2.45) is 0 Å². The van der Waals surface area contributed by atoms with Gasteiger partial charge in [0.15, 0.2) is 0 Å². The van der Waals surface area contributed by atoms with Gasteiger partial charge in [0.2, 0.25) is 0 Å².